The van der Waals surface area contributed by atoms with E-state index in [1.165, 1.54) is 12.8 Å². The van der Waals surface area contributed by atoms with Gasteiger partial charge in [0.25, 0.3) is 5.91 Å². The van der Waals surface area contributed by atoms with E-state index in [4.69, 9.17) is 4.42 Å². The van der Waals surface area contributed by atoms with Crippen LogP contribution in [0.3, 0.4) is 0 Å². The molecule has 1 aromatic carbocycles. The Hall–Kier alpha value is -2.18. The van der Waals surface area contributed by atoms with Crippen molar-refractivity contribution in [2.24, 2.45) is 0 Å². The van der Waals surface area contributed by atoms with E-state index in [0.717, 1.165) is 28.1 Å². The minimum Gasteiger partial charge on any atom is -0.448 e. The van der Waals surface area contributed by atoms with Crippen LogP contribution in [0.5, 0.6) is 0 Å². The van der Waals surface area contributed by atoms with Crippen molar-refractivity contribution in [1.29, 1.82) is 0 Å². The first-order valence-electron chi connectivity index (χ1n) is 8.99. The number of rotatable bonds is 5. The van der Waals surface area contributed by atoms with Crippen LogP contribution >= 0.6 is 11.3 Å². The van der Waals surface area contributed by atoms with Gasteiger partial charge in [-0.3, -0.25) is 4.79 Å². The molecule has 0 atom stereocenters. The van der Waals surface area contributed by atoms with Crippen LogP contribution < -0.4 is 5.32 Å². The number of carbonyl (C=O) groups is 1. The van der Waals surface area contributed by atoms with Crippen LogP contribution in [-0.2, 0) is 0 Å². The number of benzene rings is 1. The van der Waals surface area contributed by atoms with Crippen LogP contribution in [0.4, 0.5) is 0 Å². The average Bonchev–Trinajstić information content (AvgIpc) is 3.38. The lowest BCUT2D eigenvalue weighted by Gasteiger charge is -2.36. The smallest absolute Gasteiger partial charge is 0.287 e. The molecular weight excluding hydrogens is 346 g/mol. The van der Waals surface area contributed by atoms with E-state index in [9.17, 15) is 4.79 Å². The molecule has 2 aromatic heterocycles. The quantitative estimate of drug-likeness (QED) is 0.734. The van der Waals surface area contributed by atoms with Crippen molar-refractivity contribution < 1.29 is 9.21 Å². The number of aromatic nitrogens is 1. The van der Waals surface area contributed by atoms with Crippen molar-refractivity contribution in [2.45, 2.75) is 31.2 Å². The van der Waals surface area contributed by atoms with Crippen molar-refractivity contribution in [3.8, 4) is 10.8 Å². The first kappa shape index (κ1) is 17.2. The number of carbonyl (C=O) groups excluding carboxylic acids is 1. The van der Waals surface area contributed by atoms with Crippen molar-refractivity contribution >= 4 is 27.5 Å². The van der Waals surface area contributed by atoms with Crippen LogP contribution in [0.1, 0.15) is 36.2 Å². The van der Waals surface area contributed by atoms with Gasteiger partial charge in [-0.05, 0) is 51.2 Å². The van der Waals surface area contributed by atoms with Gasteiger partial charge in [-0.1, -0.05) is 25.0 Å². The molecule has 1 amide bonds. The first-order valence-corrected chi connectivity index (χ1v) is 9.80. The molecule has 136 valence electrons. The molecule has 6 heteroatoms. The highest BCUT2D eigenvalue weighted by atomic mass is 32.1. The van der Waals surface area contributed by atoms with E-state index in [1.54, 1.807) is 17.4 Å². The van der Waals surface area contributed by atoms with E-state index in [2.05, 4.69) is 29.3 Å². The molecule has 1 aliphatic carbocycles. The molecule has 1 aliphatic rings. The zero-order valence-electron chi connectivity index (χ0n) is 15.1. The van der Waals surface area contributed by atoms with E-state index < -0.39 is 0 Å². The summed E-state index contributed by atoms with van der Waals surface area (Å²) in [6.45, 7) is 0.649. The summed E-state index contributed by atoms with van der Waals surface area (Å²) < 4.78 is 6.90. The Morgan fingerprint density at radius 3 is 2.73 bits per heavy atom. The molecule has 2 heterocycles. The molecule has 1 fully saturated rings. The van der Waals surface area contributed by atoms with E-state index in [0.29, 0.717) is 18.1 Å². The average molecular weight is 369 g/mol. The number of thiazole rings is 1. The molecule has 0 saturated heterocycles. The van der Waals surface area contributed by atoms with Gasteiger partial charge in [-0.2, -0.15) is 0 Å². The van der Waals surface area contributed by atoms with E-state index in [-0.39, 0.29) is 11.4 Å². The topological polar surface area (TPSA) is 58.4 Å². The molecule has 0 bridgehead atoms. The lowest BCUT2D eigenvalue weighted by Crippen LogP contribution is -2.50. The number of likely N-dealkylation sites (N-methyl/N-ethyl adjacent to an activating group) is 1. The molecule has 0 unspecified atom stereocenters. The third-order valence-electron chi connectivity index (χ3n) is 5.40. The summed E-state index contributed by atoms with van der Waals surface area (Å²) in [6.07, 6.45) is 4.68. The van der Waals surface area contributed by atoms with Crippen molar-refractivity contribution in [1.82, 2.24) is 15.2 Å². The number of nitrogens with one attached hydrogen (secondary N) is 1. The zero-order valence-corrected chi connectivity index (χ0v) is 15.9. The lowest BCUT2D eigenvalue weighted by atomic mass is 9.96. The molecule has 0 radical (unpaired) electrons. The highest BCUT2D eigenvalue weighted by molar-refractivity contribution is 7.21. The van der Waals surface area contributed by atoms with Gasteiger partial charge in [0.05, 0.1) is 10.2 Å². The van der Waals surface area contributed by atoms with Gasteiger partial charge in [-0.25, -0.2) is 4.98 Å². The maximum atomic E-state index is 12.5. The number of fused-ring (bicyclic) bond motifs is 1. The Kier molecular flexibility index (Phi) is 4.54. The summed E-state index contributed by atoms with van der Waals surface area (Å²) in [4.78, 5) is 19.4. The maximum Gasteiger partial charge on any atom is 0.287 e. The summed E-state index contributed by atoms with van der Waals surface area (Å²) in [5, 5.41) is 3.86. The molecule has 26 heavy (non-hydrogen) atoms. The fourth-order valence-corrected chi connectivity index (χ4v) is 4.63. The predicted molar refractivity (Wildman–Crippen MR) is 105 cm³/mol. The fourth-order valence-electron chi connectivity index (χ4n) is 3.70. The number of hydrogen-bond donors (Lipinski definition) is 1. The summed E-state index contributed by atoms with van der Waals surface area (Å²) in [5.74, 6) is 0.816. The highest BCUT2D eigenvalue weighted by Crippen LogP contribution is 2.33. The Balaban J connectivity index is 1.48. The fraction of sp³-hybridized carbons (Fsp3) is 0.400. The lowest BCUT2D eigenvalue weighted by molar-refractivity contribution is 0.0874. The van der Waals surface area contributed by atoms with Gasteiger partial charge >= 0.3 is 0 Å². The van der Waals surface area contributed by atoms with Crippen LogP contribution in [0.25, 0.3) is 21.0 Å². The second-order valence-corrected chi connectivity index (χ2v) is 8.19. The molecule has 4 rings (SSSR count). The number of hydrogen-bond acceptors (Lipinski definition) is 5. The van der Waals surface area contributed by atoms with Crippen LogP contribution in [0.2, 0.25) is 0 Å². The summed E-state index contributed by atoms with van der Waals surface area (Å²) in [7, 11) is 4.19. The van der Waals surface area contributed by atoms with E-state index >= 15 is 0 Å². The van der Waals surface area contributed by atoms with E-state index in [1.807, 2.05) is 30.3 Å². The largest absolute Gasteiger partial charge is 0.448 e. The predicted octanol–water partition coefficient (Wildman–Crippen LogP) is 4.16. The van der Waals surface area contributed by atoms with Crippen LogP contribution in [-0.4, -0.2) is 42.0 Å². The number of nitrogens with zero attached hydrogens (tertiary/aromatic N) is 2. The maximum absolute atomic E-state index is 12.5. The monoisotopic (exact) mass is 369 g/mol. The first-order chi connectivity index (χ1) is 12.6. The molecule has 5 nitrogen and oxygen atoms in total. The Bertz CT molecular complexity index is 889. The molecule has 3 aromatic rings. The Morgan fingerprint density at radius 1 is 1.23 bits per heavy atom. The highest BCUT2D eigenvalue weighted by Gasteiger charge is 2.36. The number of furan rings is 1. The molecule has 0 aliphatic heterocycles. The van der Waals surface area contributed by atoms with Crippen molar-refractivity contribution in [3.05, 3.63) is 42.2 Å². The van der Waals surface area contributed by atoms with Gasteiger partial charge in [-0.15, -0.1) is 11.3 Å². The second kappa shape index (κ2) is 6.85. The second-order valence-electron chi connectivity index (χ2n) is 7.16. The molecular formula is C20H23N3O2S. The minimum atomic E-state index is -0.162. The molecule has 1 N–H and O–H groups in total. The van der Waals surface area contributed by atoms with Gasteiger partial charge < -0.3 is 14.6 Å². The van der Waals surface area contributed by atoms with Gasteiger partial charge in [0.1, 0.15) is 0 Å². The minimum absolute atomic E-state index is 0.0676. The van der Waals surface area contributed by atoms with Gasteiger partial charge in [0.2, 0.25) is 0 Å². The third kappa shape index (κ3) is 3.15. The summed E-state index contributed by atoms with van der Waals surface area (Å²) >= 11 is 1.57. The molecule has 1 saturated carbocycles. The van der Waals surface area contributed by atoms with Gasteiger partial charge in [0.15, 0.2) is 16.5 Å². The molecule has 0 spiro atoms. The normalized spacial score (nSPS) is 16.4. The van der Waals surface area contributed by atoms with Crippen LogP contribution in [0, 0.1) is 0 Å². The standard InChI is InChI=1S/C20H23N3O2S/c1-23(2)20(11-5-6-12-20)13-21-18(24)15-9-10-16(25-15)19-22-14-7-3-4-8-17(14)26-19/h3-4,7-10H,5-6,11-13H2,1-2H3,(H,21,24). The zero-order chi connectivity index (χ0) is 18.1. The Morgan fingerprint density at radius 2 is 2.00 bits per heavy atom. The van der Waals surface area contributed by atoms with Gasteiger partial charge in [0, 0.05) is 12.1 Å². The SMILES string of the molecule is CN(C)C1(CNC(=O)c2ccc(-c3nc4ccccc4s3)o2)CCCC1. The summed E-state index contributed by atoms with van der Waals surface area (Å²) in [5.41, 5.74) is 1.02. The van der Waals surface area contributed by atoms with Crippen LogP contribution in [0.15, 0.2) is 40.8 Å². The van der Waals surface area contributed by atoms with Crippen molar-refractivity contribution in [2.75, 3.05) is 20.6 Å². The number of para-hydroxylation sites is 1. The number of amides is 1. The Labute approximate surface area is 157 Å². The van der Waals surface area contributed by atoms with Crippen molar-refractivity contribution in [3.63, 3.8) is 0 Å². The third-order valence-corrected chi connectivity index (χ3v) is 6.45. The summed E-state index contributed by atoms with van der Waals surface area (Å²) in [6, 6.07) is 11.5.